The van der Waals surface area contributed by atoms with Crippen molar-refractivity contribution >= 4 is 46.6 Å². The topological polar surface area (TPSA) is 46.9 Å². The second-order valence-corrected chi connectivity index (χ2v) is 11.0. The largest absolute Gasteiger partial charge is 0.386 e. The summed E-state index contributed by atoms with van der Waals surface area (Å²) in [4.78, 5) is 18.2. The zero-order valence-corrected chi connectivity index (χ0v) is 21.6. The minimum Gasteiger partial charge on any atom is -0.386 e. The Morgan fingerprint density at radius 3 is 2.56 bits per heavy atom. The van der Waals surface area contributed by atoms with E-state index in [4.69, 9.17) is 28.8 Å². The first-order chi connectivity index (χ1) is 16.3. The highest BCUT2D eigenvalue weighted by molar-refractivity contribution is 7.71. The molecule has 0 radical (unpaired) electrons. The molecule has 0 saturated heterocycles. The van der Waals surface area contributed by atoms with Gasteiger partial charge in [-0.3, -0.25) is 4.79 Å². The number of carbonyl (C=O) groups is 1. The van der Waals surface area contributed by atoms with Crippen LogP contribution in [0.4, 0.5) is 5.69 Å². The second-order valence-electron chi connectivity index (χ2n) is 9.31. The molecular formula is C27H24ClN3OS2. The van der Waals surface area contributed by atoms with Gasteiger partial charge >= 0.3 is 0 Å². The summed E-state index contributed by atoms with van der Waals surface area (Å²) in [5.74, 6) is 0.146. The summed E-state index contributed by atoms with van der Waals surface area (Å²) >= 11 is 13.7. The molecule has 7 heteroatoms. The molecule has 172 valence electrons. The van der Waals surface area contributed by atoms with E-state index in [9.17, 15) is 4.79 Å². The van der Waals surface area contributed by atoms with Crippen LogP contribution in [0.3, 0.4) is 0 Å². The third kappa shape index (κ3) is 4.11. The molecule has 0 fully saturated rings. The number of aromatic nitrogens is 2. The Balaban J connectivity index is 1.75. The van der Waals surface area contributed by atoms with Gasteiger partial charge in [-0.15, -0.1) is 11.3 Å². The van der Waals surface area contributed by atoms with Crippen molar-refractivity contribution in [3.05, 3.63) is 80.9 Å². The number of rotatable bonds is 4. The number of carbonyl (C=O) groups excluding carboxylic acids is 1. The van der Waals surface area contributed by atoms with Crippen molar-refractivity contribution in [1.29, 1.82) is 0 Å². The number of thiazole rings is 1. The Bertz CT molecular complexity index is 1470. The van der Waals surface area contributed by atoms with Crippen LogP contribution in [0.5, 0.6) is 0 Å². The van der Waals surface area contributed by atoms with Crippen LogP contribution < -0.4 is 5.32 Å². The van der Waals surface area contributed by atoms with Crippen LogP contribution in [0.1, 0.15) is 36.3 Å². The molecule has 2 aromatic carbocycles. The number of ketones is 1. The Labute approximate surface area is 213 Å². The molecule has 0 unspecified atom stereocenters. The fourth-order valence-electron chi connectivity index (χ4n) is 4.55. The van der Waals surface area contributed by atoms with Crippen molar-refractivity contribution in [2.75, 3.05) is 12.4 Å². The number of hydrogen-bond donors (Lipinski definition) is 1. The number of pyridine rings is 1. The molecule has 34 heavy (non-hydrogen) atoms. The third-order valence-corrected chi connectivity index (χ3v) is 7.71. The Morgan fingerprint density at radius 1 is 1.09 bits per heavy atom. The number of nitrogens with one attached hydrogen (secondary N) is 1. The highest BCUT2D eigenvalue weighted by atomic mass is 35.5. The molecule has 4 nitrogen and oxygen atoms in total. The van der Waals surface area contributed by atoms with Crippen molar-refractivity contribution < 1.29 is 4.79 Å². The van der Waals surface area contributed by atoms with Crippen LogP contribution in [-0.4, -0.2) is 22.4 Å². The summed E-state index contributed by atoms with van der Waals surface area (Å²) in [6.45, 7) is 4.27. The number of para-hydroxylation sites is 2. The fraction of sp³-hybridized carbons (Fsp3) is 0.222. The van der Waals surface area contributed by atoms with Gasteiger partial charge in [-0.25, -0.2) is 4.98 Å². The first-order valence-corrected chi connectivity index (χ1v) is 12.7. The number of nitrogens with zero attached hydrogens (tertiary/aromatic N) is 2. The number of hydrogen-bond acceptors (Lipinski definition) is 5. The number of fused-ring (bicyclic) bond motifs is 1. The van der Waals surface area contributed by atoms with E-state index in [2.05, 4.69) is 23.7 Å². The summed E-state index contributed by atoms with van der Waals surface area (Å²) in [6, 6.07) is 17.6. The van der Waals surface area contributed by atoms with Gasteiger partial charge in [0.25, 0.3) is 0 Å². The monoisotopic (exact) mass is 505 g/mol. The number of anilines is 1. The summed E-state index contributed by atoms with van der Waals surface area (Å²) in [5, 5.41) is 6.78. The summed E-state index contributed by atoms with van der Waals surface area (Å²) in [5.41, 5.74) is 6.11. The summed E-state index contributed by atoms with van der Waals surface area (Å²) in [6.07, 6.45) is 1.28. The molecule has 0 atom stereocenters. The molecule has 4 aromatic rings. The Hall–Kier alpha value is -2.80. The van der Waals surface area contributed by atoms with Crippen LogP contribution in [0.25, 0.3) is 27.5 Å². The highest BCUT2D eigenvalue weighted by Crippen LogP contribution is 2.40. The maximum absolute atomic E-state index is 13.3. The van der Waals surface area contributed by atoms with E-state index >= 15 is 0 Å². The normalized spacial score (nSPS) is 14.6. The van der Waals surface area contributed by atoms with Crippen molar-refractivity contribution in [3.63, 3.8) is 0 Å². The third-order valence-electron chi connectivity index (χ3n) is 6.18. The molecular weight excluding hydrogens is 482 g/mol. The van der Waals surface area contributed by atoms with E-state index in [-0.39, 0.29) is 11.2 Å². The van der Waals surface area contributed by atoms with E-state index in [1.165, 1.54) is 11.3 Å². The van der Waals surface area contributed by atoms with E-state index in [0.717, 1.165) is 50.9 Å². The van der Waals surface area contributed by atoms with Gasteiger partial charge in [0.2, 0.25) is 0 Å². The predicted molar refractivity (Wildman–Crippen MR) is 144 cm³/mol. The molecule has 0 bridgehead atoms. The fourth-order valence-corrected chi connectivity index (χ4v) is 5.95. The smallest absolute Gasteiger partial charge is 0.165 e. The van der Waals surface area contributed by atoms with Crippen LogP contribution >= 0.6 is 35.2 Å². The maximum Gasteiger partial charge on any atom is 0.165 e. The maximum atomic E-state index is 13.3. The standard InChI is InChI=1S/C27H24ClN3OS2/c1-27(2)13-23-18(24(32)14-27)12-19(26(33)31(23)22-7-5-4-6-20(22)29-3)25-30-21(15-34-25)16-8-10-17(28)11-9-16/h4-12,15,29H,13-14H2,1-3H3. The molecule has 5 rings (SSSR count). The first-order valence-electron chi connectivity index (χ1n) is 11.1. The van der Waals surface area contributed by atoms with Gasteiger partial charge in [0, 0.05) is 46.3 Å². The first kappa shape index (κ1) is 23.0. The van der Waals surface area contributed by atoms with Gasteiger partial charge in [-0.2, -0.15) is 0 Å². The molecule has 2 aromatic heterocycles. The Kier molecular flexibility index (Phi) is 5.92. The molecule has 1 aliphatic rings. The van der Waals surface area contributed by atoms with Crippen molar-refractivity contribution in [2.24, 2.45) is 5.41 Å². The lowest BCUT2D eigenvalue weighted by atomic mass is 9.75. The van der Waals surface area contributed by atoms with Gasteiger partial charge in [-0.05, 0) is 42.2 Å². The summed E-state index contributed by atoms with van der Waals surface area (Å²) < 4.78 is 2.73. The quantitative estimate of drug-likeness (QED) is 0.287. The van der Waals surface area contributed by atoms with Gasteiger partial charge in [0.15, 0.2) is 5.78 Å². The van der Waals surface area contributed by atoms with Gasteiger partial charge < -0.3 is 9.88 Å². The average molecular weight is 506 g/mol. The van der Waals surface area contributed by atoms with Crippen molar-refractivity contribution in [3.8, 4) is 27.5 Å². The molecule has 0 amide bonds. The zero-order chi connectivity index (χ0) is 24.0. The lowest BCUT2D eigenvalue weighted by Crippen LogP contribution is -2.30. The van der Waals surface area contributed by atoms with Gasteiger partial charge in [-0.1, -0.05) is 61.9 Å². The molecule has 1 N–H and O–H groups in total. The molecule has 1 aliphatic carbocycles. The minimum atomic E-state index is -0.132. The van der Waals surface area contributed by atoms with E-state index in [1.54, 1.807) is 0 Å². The Morgan fingerprint density at radius 2 is 1.82 bits per heavy atom. The van der Waals surface area contributed by atoms with Crippen LogP contribution in [0, 0.1) is 10.1 Å². The van der Waals surface area contributed by atoms with Crippen LogP contribution in [0.15, 0.2) is 60.0 Å². The minimum absolute atomic E-state index is 0.132. The number of benzene rings is 2. The average Bonchev–Trinajstić information content (AvgIpc) is 3.28. The van der Waals surface area contributed by atoms with E-state index in [0.29, 0.717) is 16.1 Å². The van der Waals surface area contributed by atoms with Gasteiger partial charge in [0.1, 0.15) is 9.65 Å². The SMILES string of the molecule is CNc1ccccc1-n1c2c(cc(-c3nc(-c4ccc(Cl)cc4)cs3)c1=S)C(=O)CC(C)(C)C2. The van der Waals surface area contributed by atoms with Gasteiger partial charge in [0.05, 0.1) is 17.1 Å². The van der Waals surface area contributed by atoms with Crippen LogP contribution in [-0.2, 0) is 6.42 Å². The number of halogens is 1. The van der Waals surface area contributed by atoms with E-state index in [1.807, 2.05) is 67.0 Å². The highest BCUT2D eigenvalue weighted by Gasteiger charge is 2.34. The lowest BCUT2D eigenvalue weighted by Gasteiger charge is -2.33. The lowest BCUT2D eigenvalue weighted by molar-refractivity contribution is 0.0909. The molecule has 0 saturated carbocycles. The zero-order valence-electron chi connectivity index (χ0n) is 19.2. The summed E-state index contributed by atoms with van der Waals surface area (Å²) in [7, 11) is 1.90. The van der Waals surface area contributed by atoms with Crippen molar-refractivity contribution in [2.45, 2.75) is 26.7 Å². The van der Waals surface area contributed by atoms with E-state index < -0.39 is 0 Å². The molecule has 2 heterocycles. The predicted octanol–water partition coefficient (Wildman–Crippen LogP) is 7.85. The molecule has 0 aliphatic heterocycles. The number of Topliss-reactive ketones (excluding diaryl/α,β-unsaturated/α-hetero) is 1. The molecule has 0 spiro atoms. The van der Waals surface area contributed by atoms with Crippen molar-refractivity contribution in [1.82, 2.24) is 9.55 Å². The second kappa shape index (κ2) is 8.77. The van der Waals surface area contributed by atoms with Crippen LogP contribution in [0.2, 0.25) is 5.02 Å².